The van der Waals surface area contributed by atoms with Crippen LogP contribution in [0.1, 0.15) is 22.3 Å². The van der Waals surface area contributed by atoms with E-state index >= 15 is 0 Å². The van der Waals surface area contributed by atoms with Crippen LogP contribution in [0.3, 0.4) is 0 Å². The zero-order valence-electron chi connectivity index (χ0n) is 36.9. The van der Waals surface area contributed by atoms with E-state index in [9.17, 15) is 0 Å². The van der Waals surface area contributed by atoms with Crippen molar-refractivity contribution < 1.29 is 0 Å². The Morgan fingerprint density at radius 1 is 0.279 bits per heavy atom. The van der Waals surface area contributed by atoms with E-state index in [2.05, 4.69) is 235 Å². The highest BCUT2D eigenvalue weighted by Gasteiger charge is 2.52. The first-order chi connectivity index (χ1) is 33.7. The van der Waals surface area contributed by atoms with Crippen molar-refractivity contribution in [2.24, 2.45) is 0 Å². The van der Waals surface area contributed by atoms with Gasteiger partial charge in [-0.2, -0.15) is 9.97 Å². The second kappa shape index (κ2) is 15.0. The van der Waals surface area contributed by atoms with E-state index in [0.29, 0.717) is 17.6 Å². The van der Waals surface area contributed by atoms with Gasteiger partial charge in [0.2, 0.25) is 5.95 Å². The molecular formula is C64H40N4. The molecule has 0 bridgehead atoms. The molecule has 316 valence electrons. The van der Waals surface area contributed by atoms with Crippen molar-refractivity contribution in [1.29, 1.82) is 0 Å². The molecule has 68 heavy (non-hydrogen) atoms. The van der Waals surface area contributed by atoms with Crippen molar-refractivity contribution in [2.75, 3.05) is 0 Å². The van der Waals surface area contributed by atoms with Gasteiger partial charge >= 0.3 is 0 Å². The van der Waals surface area contributed by atoms with Crippen LogP contribution in [0.4, 0.5) is 0 Å². The van der Waals surface area contributed by atoms with Crippen LogP contribution in [-0.4, -0.2) is 19.5 Å². The van der Waals surface area contributed by atoms with Gasteiger partial charge in [0.25, 0.3) is 0 Å². The summed E-state index contributed by atoms with van der Waals surface area (Å²) in [4.78, 5) is 15.9. The number of hydrogen-bond donors (Lipinski definition) is 0. The number of aromatic nitrogens is 4. The fourth-order valence-electron chi connectivity index (χ4n) is 11.3. The molecule has 10 aromatic carbocycles. The third-order valence-electron chi connectivity index (χ3n) is 14.3. The summed E-state index contributed by atoms with van der Waals surface area (Å²) in [6.45, 7) is 0. The maximum atomic E-state index is 5.36. The van der Waals surface area contributed by atoms with Crippen LogP contribution in [0.2, 0.25) is 0 Å². The Morgan fingerprint density at radius 2 is 0.706 bits per heavy atom. The Morgan fingerprint density at radius 3 is 1.31 bits per heavy atom. The quantitative estimate of drug-likeness (QED) is 0.167. The fraction of sp³-hybridized carbons (Fsp3) is 0.0156. The molecule has 4 heteroatoms. The zero-order valence-corrected chi connectivity index (χ0v) is 36.9. The van der Waals surface area contributed by atoms with E-state index in [1.165, 1.54) is 50.1 Å². The zero-order chi connectivity index (χ0) is 44.8. The minimum atomic E-state index is -0.426. The summed E-state index contributed by atoms with van der Waals surface area (Å²) in [5.74, 6) is 1.78. The number of para-hydroxylation sites is 1. The fourth-order valence-corrected chi connectivity index (χ4v) is 11.3. The molecule has 4 nitrogen and oxygen atoms in total. The molecule has 0 atom stereocenters. The molecule has 0 saturated carbocycles. The van der Waals surface area contributed by atoms with Crippen molar-refractivity contribution in [3.63, 3.8) is 0 Å². The van der Waals surface area contributed by atoms with Crippen LogP contribution >= 0.6 is 0 Å². The third-order valence-corrected chi connectivity index (χ3v) is 14.3. The van der Waals surface area contributed by atoms with Gasteiger partial charge in [0.1, 0.15) is 0 Å². The lowest BCUT2D eigenvalue weighted by molar-refractivity contribution is 0.794. The Hall–Kier alpha value is -8.99. The maximum Gasteiger partial charge on any atom is 0.238 e. The van der Waals surface area contributed by atoms with Crippen LogP contribution in [0.15, 0.2) is 243 Å². The molecule has 0 aliphatic heterocycles. The molecule has 0 saturated heterocycles. The van der Waals surface area contributed by atoms with Crippen LogP contribution < -0.4 is 0 Å². The highest BCUT2D eigenvalue weighted by Crippen LogP contribution is 2.64. The molecular weight excluding hydrogens is 825 g/mol. The van der Waals surface area contributed by atoms with Crippen LogP contribution in [0.25, 0.3) is 106 Å². The molecule has 2 aromatic heterocycles. The third kappa shape index (κ3) is 5.64. The Labute approximate surface area is 394 Å². The van der Waals surface area contributed by atoms with Gasteiger partial charge in [0.15, 0.2) is 11.6 Å². The lowest BCUT2D eigenvalue weighted by atomic mass is 9.70. The Kier molecular flexibility index (Phi) is 8.46. The van der Waals surface area contributed by atoms with E-state index in [4.69, 9.17) is 15.0 Å². The summed E-state index contributed by atoms with van der Waals surface area (Å²) in [6, 6.07) is 87.5. The molecule has 2 heterocycles. The second-order valence-corrected chi connectivity index (χ2v) is 17.9. The number of nitrogens with zero attached hydrogens (tertiary/aromatic N) is 4. The van der Waals surface area contributed by atoms with E-state index in [0.717, 1.165) is 60.8 Å². The summed E-state index contributed by atoms with van der Waals surface area (Å²) in [6.07, 6.45) is 0. The highest BCUT2D eigenvalue weighted by atomic mass is 15.2. The van der Waals surface area contributed by atoms with Crippen molar-refractivity contribution in [3.05, 3.63) is 265 Å². The van der Waals surface area contributed by atoms with Crippen LogP contribution in [0.5, 0.6) is 0 Å². The summed E-state index contributed by atoms with van der Waals surface area (Å²) < 4.78 is 2.24. The Balaban J connectivity index is 0.978. The molecule has 0 unspecified atom stereocenters. The Bertz CT molecular complexity index is 3800. The standard InChI is InChI=1S/C64H40N4/c1-3-16-41(17-4-1)43-30-34-45(35-31-43)61-65-62(46-36-32-44(33-37-46)42-18-5-2-6-19-42)67-63(66-61)68-58-29-14-10-22-51(58)52-39-38-47(40-59(52)68)48-24-15-28-57-60(48)53-23-9-13-27-56(53)64(57)54-25-11-7-20-49(54)50-21-8-12-26-55(50)64/h1-40H. The van der Waals surface area contributed by atoms with Gasteiger partial charge in [-0.1, -0.05) is 231 Å². The minimum Gasteiger partial charge on any atom is -0.278 e. The summed E-state index contributed by atoms with van der Waals surface area (Å²) >= 11 is 0. The minimum absolute atomic E-state index is 0.426. The first-order valence-electron chi connectivity index (χ1n) is 23.3. The van der Waals surface area contributed by atoms with Gasteiger partial charge < -0.3 is 0 Å². The lowest BCUT2D eigenvalue weighted by Crippen LogP contribution is -2.25. The molecule has 2 aliphatic rings. The average Bonchev–Trinajstić information content (AvgIpc) is 4.03. The molecule has 12 aromatic rings. The van der Waals surface area contributed by atoms with E-state index < -0.39 is 5.41 Å². The predicted octanol–water partition coefficient (Wildman–Crippen LogP) is 15.6. The predicted molar refractivity (Wildman–Crippen MR) is 278 cm³/mol. The van der Waals surface area contributed by atoms with Gasteiger partial charge in [-0.3, -0.25) is 4.57 Å². The van der Waals surface area contributed by atoms with Gasteiger partial charge in [0.05, 0.1) is 16.4 Å². The normalized spacial score (nSPS) is 12.8. The van der Waals surface area contributed by atoms with Crippen molar-refractivity contribution in [3.8, 4) is 84.4 Å². The maximum absolute atomic E-state index is 5.36. The van der Waals surface area contributed by atoms with Crippen molar-refractivity contribution >= 4 is 21.8 Å². The van der Waals surface area contributed by atoms with Crippen molar-refractivity contribution in [1.82, 2.24) is 19.5 Å². The molecule has 1 spiro atoms. The number of benzene rings is 10. The van der Waals surface area contributed by atoms with E-state index in [1.807, 2.05) is 12.1 Å². The molecule has 0 amide bonds. The SMILES string of the molecule is c1ccc(-c2ccc(-c3nc(-c4ccc(-c5ccccc5)cc4)nc(-n4c5ccccc5c5ccc(-c6cccc7c6-c6ccccc6C76c7ccccc7-c7ccccc76)cc54)n3)cc2)cc1. The summed E-state index contributed by atoms with van der Waals surface area (Å²) in [5.41, 5.74) is 20.9. The van der Waals surface area contributed by atoms with Gasteiger partial charge in [0, 0.05) is 21.9 Å². The lowest BCUT2D eigenvalue weighted by Gasteiger charge is -2.30. The molecule has 2 aliphatic carbocycles. The van der Waals surface area contributed by atoms with Gasteiger partial charge in [-0.15, -0.1) is 0 Å². The van der Waals surface area contributed by atoms with Gasteiger partial charge in [-0.25, -0.2) is 4.98 Å². The highest BCUT2D eigenvalue weighted by molar-refractivity contribution is 6.11. The summed E-state index contributed by atoms with van der Waals surface area (Å²) in [7, 11) is 0. The van der Waals surface area contributed by atoms with Crippen LogP contribution in [0, 0.1) is 0 Å². The molecule has 0 N–H and O–H groups in total. The molecule has 0 fully saturated rings. The monoisotopic (exact) mass is 864 g/mol. The summed E-state index contributed by atoms with van der Waals surface area (Å²) in [5, 5.41) is 2.27. The van der Waals surface area contributed by atoms with Gasteiger partial charge in [-0.05, 0) is 90.0 Å². The van der Waals surface area contributed by atoms with E-state index in [1.54, 1.807) is 0 Å². The smallest absolute Gasteiger partial charge is 0.238 e. The number of fused-ring (bicyclic) bond motifs is 13. The average molecular weight is 865 g/mol. The van der Waals surface area contributed by atoms with Crippen LogP contribution in [-0.2, 0) is 5.41 Å². The second-order valence-electron chi connectivity index (χ2n) is 17.9. The molecule has 0 radical (unpaired) electrons. The topological polar surface area (TPSA) is 43.6 Å². The van der Waals surface area contributed by atoms with Crippen molar-refractivity contribution in [2.45, 2.75) is 5.41 Å². The molecule has 14 rings (SSSR count). The number of hydrogen-bond acceptors (Lipinski definition) is 3. The first kappa shape index (κ1) is 38.3. The van der Waals surface area contributed by atoms with E-state index in [-0.39, 0.29) is 0 Å². The number of rotatable bonds is 6. The first-order valence-corrected chi connectivity index (χ1v) is 23.3. The largest absolute Gasteiger partial charge is 0.278 e.